The zero-order chi connectivity index (χ0) is 15.0. The molecule has 20 heavy (non-hydrogen) atoms. The molecule has 0 saturated heterocycles. The molecule has 0 radical (unpaired) electrons. The molecule has 0 amide bonds. The summed E-state index contributed by atoms with van der Waals surface area (Å²) in [6.07, 6.45) is 9.78. The second-order valence-corrected chi connectivity index (χ2v) is 6.80. The smallest absolute Gasteiger partial charge is 0.328 e. The molecule has 1 N–H and O–H groups in total. The molecule has 0 spiro atoms. The average Bonchev–Trinajstić information content (AvgIpc) is 2.87. The molecule has 1 heterocycles. The van der Waals surface area contributed by atoms with Gasteiger partial charge in [-0.05, 0) is 18.6 Å². The summed E-state index contributed by atoms with van der Waals surface area (Å²) in [4.78, 5) is 0. The highest BCUT2D eigenvalue weighted by molar-refractivity contribution is 7.85. The van der Waals surface area contributed by atoms with Crippen LogP contribution in [-0.4, -0.2) is 13.0 Å². The maximum absolute atomic E-state index is 10.9. The normalized spacial score (nSPS) is 13.6. The Morgan fingerprint density at radius 3 is 2.25 bits per heavy atom. The number of furan rings is 1. The van der Waals surface area contributed by atoms with Crippen LogP contribution in [0.5, 0.6) is 0 Å². The van der Waals surface area contributed by atoms with Crippen LogP contribution in [0.2, 0.25) is 0 Å². The quantitative estimate of drug-likeness (QED) is 0.499. The molecule has 5 heteroatoms. The highest BCUT2D eigenvalue weighted by atomic mass is 32.2. The first-order valence-electron chi connectivity index (χ1n) is 7.52. The molecule has 0 bridgehead atoms. The number of unbranched alkanes of at least 4 members (excludes halogenated alkanes) is 6. The van der Waals surface area contributed by atoms with Gasteiger partial charge >= 0.3 is 10.1 Å². The predicted molar refractivity (Wildman–Crippen MR) is 79.5 cm³/mol. The fraction of sp³-hybridized carbons (Fsp3) is 0.733. The molecule has 0 saturated carbocycles. The molecule has 0 aliphatic heterocycles. The van der Waals surface area contributed by atoms with E-state index in [2.05, 4.69) is 6.92 Å². The third-order valence-electron chi connectivity index (χ3n) is 3.58. The number of rotatable bonds is 10. The third kappa shape index (κ3) is 6.09. The van der Waals surface area contributed by atoms with Gasteiger partial charge in [0.25, 0.3) is 0 Å². The van der Waals surface area contributed by atoms with Gasteiger partial charge in [0.15, 0.2) is 0 Å². The van der Waals surface area contributed by atoms with E-state index in [9.17, 15) is 8.42 Å². The fourth-order valence-electron chi connectivity index (χ4n) is 2.29. The van der Waals surface area contributed by atoms with Crippen molar-refractivity contribution in [3.8, 4) is 0 Å². The molecule has 116 valence electrons. The van der Waals surface area contributed by atoms with Crippen LogP contribution in [-0.2, 0) is 10.1 Å². The van der Waals surface area contributed by atoms with Crippen LogP contribution in [0.4, 0.5) is 0 Å². The summed E-state index contributed by atoms with van der Waals surface area (Å²) in [5.74, 6) is 0.810. The molecule has 1 rings (SSSR count). The fourth-order valence-corrected chi connectivity index (χ4v) is 2.73. The van der Waals surface area contributed by atoms with Gasteiger partial charge in [-0.25, -0.2) is 0 Å². The van der Waals surface area contributed by atoms with Gasteiger partial charge in [0.05, 0.1) is 0 Å². The summed E-state index contributed by atoms with van der Waals surface area (Å²) in [5.41, 5.74) is 0. The summed E-state index contributed by atoms with van der Waals surface area (Å²) < 4.78 is 35.9. The Bertz CT molecular complexity index is 476. The first kappa shape index (κ1) is 17.2. The van der Waals surface area contributed by atoms with Gasteiger partial charge in [0.2, 0.25) is 5.09 Å². The van der Waals surface area contributed by atoms with E-state index >= 15 is 0 Å². The van der Waals surface area contributed by atoms with Gasteiger partial charge in [-0.2, -0.15) is 8.42 Å². The monoisotopic (exact) mass is 302 g/mol. The Hall–Kier alpha value is -0.810. The van der Waals surface area contributed by atoms with E-state index in [1.54, 1.807) is 6.07 Å². The van der Waals surface area contributed by atoms with Crippen LogP contribution >= 0.6 is 0 Å². The van der Waals surface area contributed by atoms with Gasteiger partial charge in [0, 0.05) is 5.92 Å². The Balaban J connectivity index is 2.26. The average molecular weight is 302 g/mol. The highest BCUT2D eigenvalue weighted by Gasteiger charge is 2.17. The van der Waals surface area contributed by atoms with Crippen LogP contribution in [0.1, 0.15) is 76.9 Å². The van der Waals surface area contributed by atoms with Crippen molar-refractivity contribution in [2.24, 2.45) is 0 Å². The third-order valence-corrected chi connectivity index (χ3v) is 4.31. The van der Waals surface area contributed by atoms with Crippen molar-refractivity contribution >= 4 is 10.1 Å². The van der Waals surface area contributed by atoms with E-state index in [1.807, 2.05) is 6.92 Å². The van der Waals surface area contributed by atoms with Crippen molar-refractivity contribution in [3.05, 3.63) is 17.9 Å². The van der Waals surface area contributed by atoms with Crippen LogP contribution in [0, 0.1) is 0 Å². The topological polar surface area (TPSA) is 67.5 Å². The van der Waals surface area contributed by atoms with Crippen LogP contribution in [0.3, 0.4) is 0 Å². The standard InChI is InChI=1S/C15H26O4S/c1-3-4-5-6-7-8-9-10-13(2)14-11-12-15(19-14)20(16,17)18/h11-13H,3-10H2,1-2H3,(H,16,17,18). The van der Waals surface area contributed by atoms with Gasteiger partial charge in [-0.15, -0.1) is 0 Å². The molecule has 1 atom stereocenters. The minimum Gasteiger partial charge on any atom is -0.447 e. The summed E-state index contributed by atoms with van der Waals surface area (Å²) in [5, 5.41) is -0.362. The van der Waals surface area contributed by atoms with Crippen molar-refractivity contribution in [3.63, 3.8) is 0 Å². The second-order valence-electron chi connectivity index (χ2n) is 5.44. The van der Waals surface area contributed by atoms with E-state index in [0.717, 1.165) is 12.8 Å². The molecular formula is C15H26O4S. The van der Waals surface area contributed by atoms with E-state index in [1.165, 1.54) is 44.6 Å². The largest absolute Gasteiger partial charge is 0.447 e. The molecule has 4 nitrogen and oxygen atoms in total. The molecule has 0 aromatic carbocycles. The highest BCUT2D eigenvalue weighted by Crippen LogP contribution is 2.25. The van der Waals surface area contributed by atoms with Crippen molar-refractivity contribution < 1.29 is 17.4 Å². The molecule has 1 aromatic heterocycles. The second kappa shape index (κ2) is 8.47. The van der Waals surface area contributed by atoms with Crippen LogP contribution in [0.25, 0.3) is 0 Å². The zero-order valence-electron chi connectivity index (χ0n) is 12.5. The molecule has 1 unspecified atom stereocenters. The summed E-state index contributed by atoms with van der Waals surface area (Å²) in [7, 11) is -4.22. The summed E-state index contributed by atoms with van der Waals surface area (Å²) in [6, 6.07) is 2.95. The lowest BCUT2D eigenvalue weighted by Gasteiger charge is -2.08. The maximum Gasteiger partial charge on any atom is 0.328 e. The van der Waals surface area contributed by atoms with Gasteiger partial charge < -0.3 is 4.42 Å². The van der Waals surface area contributed by atoms with E-state index in [-0.39, 0.29) is 11.0 Å². The van der Waals surface area contributed by atoms with Gasteiger partial charge in [-0.3, -0.25) is 4.55 Å². The summed E-state index contributed by atoms with van der Waals surface area (Å²) in [6.45, 7) is 4.23. The minimum atomic E-state index is -4.22. The van der Waals surface area contributed by atoms with E-state index in [0.29, 0.717) is 5.76 Å². The van der Waals surface area contributed by atoms with E-state index < -0.39 is 10.1 Å². The lowest BCUT2D eigenvalue weighted by molar-refractivity contribution is 0.364. The first-order valence-corrected chi connectivity index (χ1v) is 8.96. The Labute approximate surface area is 122 Å². The van der Waals surface area contributed by atoms with Crippen LogP contribution < -0.4 is 0 Å². The lowest BCUT2D eigenvalue weighted by atomic mass is 10.00. The maximum atomic E-state index is 10.9. The SMILES string of the molecule is CCCCCCCCCC(C)c1ccc(S(=O)(=O)O)o1. The molecular weight excluding hydrogens is 276 g/mol. The Morgan fingerprint density at radius 2 is 1.70 bits per heavy atom. The zero-order valence-corrected chi connectivity index (χ0v) is 13.3. The van der Waals surface area contributed by atoms with Gasteiger partial charge in [-0.1, -0.05) is 58.8 Å². The van der Waals surface area contributed by atoms with E-state index in [4.69, 9.17) is 8.97 Å². The Kier molecular flexibility index (Phi) is 7.30. The van der Waals surface area contributed by atoms with Crippen molar-refractivity contribution in [2.75, 3.05) is 0 Å². The molecule has 0 aliphatic carbocycles. The lowest BCUT2D eigenvalue weighted by Crippen LogP contribution is -1.96. The minimum absolute atomic E-state index is 0.182. The van der Waals surface area contributed by atoms with Crippen molar-refractivity contribution in [1.29, 1.82) is 0 Å². The van der Waals surface area contributed by atoms with Gasteiger partial charge in [0.1, 0.15) is 5.76 Å². The van der Waals surface area contributed by atoms with Crippen LogP contribution in [0.15, 0.2) is 21.6 Å². The number of hydrogen-bond acceptors (Lipinski definition) is 3. The van der Waals surface area contributed by atoms with Crippen molar-refractivity contribution in [2.45, 2.75) is 76.2 Å². The Morgan fingerprint density at radius 1 is 1.10 bits per heavy atom. The summed E-state index contributed by atoms with van der Waals surface area (Å²) >= 11 is 0. The molecule has 1 aromatic rings. The predicted octanol–water partition coefficient (Wildman–Crippen LogP) is 4.77. The molecule has 0 aliphatic rings. The first-order chi connectivity index (χ1) is 9.45. The number of hydrogen-bond donors (Lipinski definition) is 1. The molecule has 0 fully saturated rings. The van der Waals surface area contributed by atoms with Crippen molar-refractivity contribution in [1.82, 2.24) is 0 Å².